The highest BCUT2D eigenvalue weighted by molar-refractivity contribution is 6.06. The molecule has 6 nitrogen and oxygen atoms in total. The molecule has 1 heterocycles. The summed E-state index contributed by atoms with van der Waals surface area (Å²) in [5.41, 5.74) is 3.98. The zero-order valence-corrected chi connectivity index (χ0v) is 15.9. The lowest BCUT2D eigenvalue weighted by atomic mass is 10.1. The summed E-state index contributed by atoms with van der Waals surface area (Å²) in [5, 5.41) is 3.16. The first-order valence-corrected chi connectivity index (χ1v) is 8.58. The number of carbonyl (C=O) groups is 1. The van der Waals surface area contributed by atoms with Crippen molar-refractivity contribution in [2.75, 3.05) is 24.4 Å². The fourth-order valence-corrected chi connectivity index (χ4v) is 2.74. The minimum atomic E-state index is -0.0996. The third-order valence-corrected chi connectivity index (χ3v) is 4.12. The van der Waals surface area contributed by atoms with Crippen LogP contribution in [0.15, 0.2) is 54.6 Å². The van der Waals surface area contributed by atoms with Crippen molar-refractivity contribution in [3.05, 3.63) is 71.5 Å². The number of nitrogens with zero attached hydrogens (tertiary/aromatic N) is 3. The summed E-state index contributed by atoms with van der Waals surface area (Å²) in [7, 11) is 3.35. The van der Waals surface area contributed by atoms with Crippen molar-refractivity contribution < 1.29 is 9.53 Å². The summed E-state index contributed by atoms with van der Waals surface area (Å²) in [4.78, 5) is 23.1. The number of nitrogens with one attached hydrogen (secondary N) is 1. The first kappa shape index (κ1) is 18.4. The largest absolute Gasteiger partial charge is 0.497 e. The number of ether oxygens (including phenoxy) is 1. The van der Waals surface area contributed by atoms with Crippen LogP contribution in [0.4, 0.5) is 17.3 Å². The number of rotatable bonds is 5. The number of aromatic nitrogens is 2. The number of anilines is 3. The highest BCUT2D eigenvalue weighted by Gasteiger charge is 2.14. The van der Waals surface area contributed by atoms with E-state index in [1.807, 2.05) is 56.3 Å². The highest BCUT2D eigenvalue weighted by atomic mass is 16.5. The predicted octanol–water partition coefficient (Wildman–Crippen LogP) is 4.12. The van der Waals surface area contributed by atoms with Crippen LogP contribution in [0.5, 0.6) is 5.75 Å². The van der Waals surface area contributed by atoms with Gasteiger partial charge in [-0.2, -0.15) is 0 Å². The fourth-order valence-electron chi connectivity index (χ4n) is 2.74. The van der Waals surface area contributed by atoms with Gasteiger partial charge in [-0.3, -0.25) is 4.79 Å². The Morgan fingerprint density at radius 3 is 2.30 bits per heavy atom. The lowest BCUT2D eigenvalue weighted by Gasteiger charge is -2.18. The molecule has 1 amide bonds. The van der Waals surface area contributed by atoms with Gasteiger partial charge in [-0.1, -0.05) is 6.07 Å². The molecule has 1 aromatic heterocycles. The third-order valence-electron chi connectivity index (χ3n) is 4.12. The second-order valence-corrected chi connectivity index (χ2v) is 6.24. The third kappa shape index (κ3) is 4.41. The van der Waals surface area contributed by atoms with Crippen LogP contribution in [-0.4, -0.2) is 30.0 Å². The van der Waals surface area contributed by atoms with Crippen molar-refractivity contribution in [1.82, 2.24) is 9.97 Å². The Labute approximate surface area is 158 Å². The van der Waals surface area contributed by atoms with Gasteiger partial charge in [-0.25, -0.2) is 9.97 Å². The molecular weight excluding hydrogens is 340 g/mol. The summed E-state index contributed by atoms with van der Waals surface area (Å²) < 4.78 is 5.22. The molecule has 0 saturated carbocycles. The van der Waals surface area contributed by atoms with Crippen molar-refractivity contribution in [1.29, 1.82) is 0 Å². The van der Waals surface area contributed by atoms with E-state index < -0.39 is 0 Å². The number of benzene rings is 2. The summed E-state index contributed by atoms with van der Waals surface area (Å²) >= 11 is 0. The van der Waals surface area contributed by atoms with Crippen LogP contribution in [0, 0.1) is 13.8 Å². The second-order valence-electron chi connectivity index (χ2n) is 6.24. The van der Waals surface area contributed by atoms with Crippen LogP contribution >= 0.6 is 0 Å². The maximum absolute atomic E-state index is 12.7. The van der Waals surface area contributed by atoms with Gasteiger partial charge in [-0.05, 0) is 56.3 Å². The number of carbonyl (C=O) groups excluding carboxylic acids is 1. The summed E-state index contributed by atoms with van der Waals surface area (Å²) in [6, 6.07) is 16.6. The van der Waals surface area contributed by atoms with Gasteiger partial charge in [-0.15, -0.1) is 0 Å². The minimum absolute atomic E-state index is 0.0996. The maximum Gasteiger partial charge on any atom is 0.258 e. The normalized spacial score (nSPS) is 10.4. The molecule has 2 aromatic carbocycles. The smallest absolute Gasteiger partial charge is 0.258 e. The Bertz CT molecular complexity index is 934. The Morgan fingerprint density at radius 1 is 1.00 bits per heavy atom. The summed E-state index contributed by atoms with van der Waals surface area (Å²) in [6.45, 7) is 3.85. The van der Waals surface area contributed by atoms with Gasteiger partial charge in [0.1, 0.15) is 5.75 Å². The molecule has 0 spiro atoms. The fraction of sp³-hybridized carbons (Fsp3) is 0.190. The molecule has 0 aliphatic rings. The Balaban J connectivity index is 1.74. The van der Waals surface area contributed by atoms with Gasteiger partial charge in [0, 0.05) is 41.4 Å². The molecule has 6 heteroatoms. The van der Waals surface area contributed by atoms with E-state index in [4.69, 9.17) is 4.74 Å². The van der Waals surface area contributed by atoms with E-state index in [0.717, 1.165) is 22.8 Å². The van der Waals surface area contributed by atoms with E-state index in [-0.39, 0.29) is 5.91 Å². The number of aryl methyl sites for hydroxylation is 2. The topological polar surface area (TPSA) is 67.3 Å². The van der Waals surface area contributed by atoms with Crippen LogP contribution in [0.25, 0.3) is 0 Å². The van der Waals surface area contributed by atoms with E-state index in [2.05, 4.69) is 15.3 Å². The van der Waals surface area contributed by atoms with E-state index >= 15 is 0 Å². The number of methoxy groups -OCH3 is 1. The molecule has 0 aliphatic heterocycles. The summed E-state index contributed by atoms with van der Waals surface area (Å²) in [5.74, 6) is 1.15. The van der Waals surface area contributed by atoms with E-state index in [1.54, 1.807) is 31.2 Å². The Morgan fingerprint density at radius 2 is 1.67 bits per heavy atom. The van der Waals surface area contributed by atoms with Crippen molar-refractivity contribution in [2.45, 2.75) is 13.8 Å². The maximum atomic E-state index is 12.7. The average Bonchev–Trinajstić information content (AvgIpc) is 2.66. The van der Waals surface area contributed by atoms with Gasteiger partial charge < -0.3 is 15.0 Å². The molecule has 0 unspecified atom stereocenters. The standard InChI is InChI=1S/C21H22N4O2/c1-14-12-15(2)23-21(22-14)24-17-10-8-16(9-11-17)20(26)25(3)18-6-5-7-19(13-18)27-4/h5-13H,1-4H3,(H,22,23,24). The highest BCUT2D eigenvalue weighted by Crippen LogP contribution is 2.22. The Hall–Kier alpha value is -3.41. The molecule has 1 N–H and O–H groups in total. The van der Waals surface area contributed by atoms with Crippen molar-refractivity contribution in [3.63, 3.8) is 0 Å². The van der Waals surface area contributed by atoms with Crippen LogP contribution in [0.3, 0.4) is 0 Å². The molecule has 0 radical (unpaired) electrons. The predicted molar refractivity (Wildman–Crippen MR) is 107 cm³/mol. The zero-order chi connectivity index (χ0) is 19.4. The summed E-state index contributed by atoms with van der Waals surface area (Å²) in [6.07, 6.45) is 0. The SMILES string of the molecule is COc1cccc(N(C)C(=O)c2ccc(Nc3nc(C)cc(C)n3)cc2)c1. The van der Waals surface area contributed by atoms with E-state index in [9.17, 15) is 4.79 Å². The van der Waals surface area contributed by atoms with Gasteiger partial charge >= 0.3 is 0 Å². The molecule has 0 atom stereocenters. The van der Waals surface area contributed by atoms with Gasteiger partial charge in [0.15, 0.2) is 0 Å². The van der Waals surface area contributed by atoms with Crippen LogP contribution in [-0.2, 0) is 0 Å². The van der Waals surface area contributed by atoms with Crippen molar-refractivity contribution >= 4 is 23.2 Å². The van der Waals surface area contributed by atoms with E-state index in [0.29, 0.717) is 17.3 Å². The first-order chi connectivity index (χ1) is 13.0. The quantitative estimate of drug-likeness (QED) is 0.739. The molecule has 27 heavy (non-hydrogen) atoms. The van der Waals surface area contributed by atoms with Crippen molar-refractivity contribution in [3.8, 4) is 5.75 Å². The molecular formula is C21H22N4O2. The van der Waals surface area contributed by atoms with Gasteiger partial charge in [0.25, 0.3) is 5.91 Å². The van der Waals surface area contributed by atoms with E-state index in [1.165, 1.54) is 0 Å². The molecule has 3 aromatic rings. The number of amides is 1. The molecule has 0 fully saturated rings. The van der Waals surface area contributed by atoms with Gasteiger partial charge in [0.05, 0.1) is 7.11 Å². The second kappa shape index (κ2) is 7.86. The average molecular weight is 362 g/mol. The van der Waals surface area contributed by atoms with Crippen molar-refractivity contribution in [2.24, 2.45) is 0 Å². The molecule has 3 rings (SSSR count). The lowest BCUT2D eigenvalue weighted by molar-refractivity contribution is 0.0993. The molecule has 0 saturated heterocycles. The van der Waals surface area contributed by atoms with Crippen LogP contribution in [0.2, 0.25) is 0 Å². The lowest BCUT2D eigenvalue weighted by Crippen LogP contribution is -2.26. The van der Waals surface area contributed by atoms with Gasteiger partial charge in [0.2, 0.25) is 5.95 Å². The monoisotopic (exact) mass is 362 g/mol. The number of hydrogen-bond donors (Lipinski definition) is 1. The number of hydrogen-bond acceptors (Lipinski definition) is 5. The molecule has 0 bridgehead atoms. The van der Waals surface area contributed by atoms with Crippen LogP contribution in [0.1, 0.15) is 21.7 Å². The zero-order valence-electron chi connectivity index (χ0n) is 15.9. The molecule has 138 valence electrons. The van der Waals surface area contributed by atoms with Crippen LogP contribution < -0.4 is 15.0 Å². The first-order valence-electron chi connectivity index (χ1n) is 8.58. The molecule has 0 aliphatic carbocycles. The minimum Gasteiger partial charge on any atom is -0.497 e. The Kier molecular flexibility index (Phi) is 5.35.